The smallest absolute Gasteiger partial charge is 0.251 e. The summed E-state index contributed by atoms with van der Waals surface area (Å²) in [4.78, 5) is 17.1. The summed E-state index contributed by atoms with van der Waals surface area (Å²) in [7, 11) is 0. The Bertz CT molecular complexity index is 1210. The van der Waals surface area contributed by atoms with Crippen LogP contribution in [0.25, 0.3) is 11.0 Å². The SMILES string of the molecule is Cc1ccc(OCCCn2c(CCCNC(=O)c3ccccc3)nc3ccccc32)c(C)c1. The number of rotatable bonds is 10. The van der Waals surface area contributed by atoms with Gasteiger partial charge in [0.2, 0.25) is 0 Å². The number of amides is 1. The van der Waals surface area contributed by atoms with Crippen LogP contribution in [0.1, 0.15) is 40.2 Å². The fraction of sp³-hybridized carbons (Fsp3) is 0.286. The summed E-state index contributed by atoms with van der Waals surface area (Å²) < 4.78 is 8.32. The molecule has 1 N–H and O–H groups in total. The molecule has 170 valence electrons. The maximum atomic E-state index is 12.3. The number of aromatic nitrogens is 2. The number of fused-ring (bicyclic) bond motifs is 1. The van der Waals surface area contributed by atoms with Crippen molar-refractivity contribution in [2.75, 3.05) is 13.2 Å². The minimum Gasteiger partial charge on any atom is -0.493 e. The minimum absolute atomic E-state index is 0.0346. The summed E-state index contributed by atoms with van der Waals surface area (Å²) in [6.07, 6.45) is 2.54. The van der Waals surface area contributed by atoms with E-state index in [2.05, 4.69) is 54.1 Å². The molecule has 5 nitrogen and oxygen atoms in total. The molecule has 4 aromatic rings. The van der Waals surface area contributed by atoms with Crippen LogP contribution in [-0.4, -0.2) is 28.6 Å². The molecule has 33 heavy (non-hydrogen) atoms. The molecule has 5 heteroatoms. The van der Waals surface area contributed by atoms with Gasteiger partial charge in [-0.15, -0.1) is 0 Å². The standard InChI is InChI=1S/C28H31N3O2/c1-21-15-16-26(22(2)20-21)33-19-9-18-31-25-13-7-6-12-24(25)30-27(31)14-8-17-29-28(32)23-10-4-3-5-11-23/h3-7,10-13,15-16,20H,8-9,14,17-19H2,1-2H3,(H,29,32). The lowest BCUT2D eigenvalue weighted by molar-refractivity contribution is 0.0953. The minimum atomic E-state index is -0.0346. The Hall–Kier alpha value is -3.60. The average Bonchev–Trinajstić information content (AvgIpc) is 3.18. The molecule has 0 atom stereocenters. The summed E-state index contributed by atoms with van der Waals surface area (Å²) in [5.74, 6) is 1.97. The predicted molar refractivity (Wildman–Crippen MR) is 133 cm³/mol. The first-order chi connectivity index (χ1) is 16.1. The normalized spacial score (nSPS) is 11.0. The Kier molecular flexibility index (Phi) is 7.40. The highest BCUT2D eigenvalue weighted by atomic mass is 16.5. The van der Waals surface area contributed by atoms with Crippen LogP contribution in [0.2, 0.25) is 0 Å². The van der Waals surface area contributed by atoms with Gasteiger partial charge in [0.1, 0.15) is 11.6 Å². The van der Waals surface area contributed by atoms with Crippen molar-refractivity contribution in [2.24, 2.45) is 0 Å². The van der Waals surface area contributed by atoms with Crippen molar-refractivity contribution in [1.29, 1.82) is 0 Å². The number of aryl methyl sites for hydroxylation is 4. The first-order valence-corrected chi connectivity index (χ1v) is 11.6. The van der Waals surface area contributed by atoms with Crippen molar-refractivity contribution in [2.45, 2.75) is 39.7 Å². The third-order valence-corrected chi connectivity index (χ3v) is 5.75. The Morgan fingerprint density at radius 1 is 0.970 bits per heavy atom. The van der Waals surface area contributed by atoms with Crippen molar-refractivity contribution in [3.05, 3.63) is 95.3 Å². The van der Waals surface area contributed by atoms with E-state index >= 15 is 0 Å². The van der Waals surface area contributed by atoms with Gasteiger partial charge in [0, 0.05) is 25.1 Å². The molecule has 0 aliphatic rings. The molecule has 1 heterocycles. The topological polar surface area (TPSA) is 56.1 Å². The number of nitrogens with zero attached hydrogens (tertiary/aromatic N) is 2. The van der Waals surface area contributed by atoms with E-state index in [1.807, 2.05) is 42.5 Å². The monoisotopic (exact) mass is 441 g/mol. The lowest BCUT2D eigenvalue weighted by atomic mass is 10.1. The van der Waals surface area contributed by atoms with Crippen molar-refractivity contribution < 1.29 is 9.53 Å². The number of para-hydroxylation sites is 2. The second-order valence-corrected chi connectivity index (χ2v) is 8.36. The van der Waals surface area contributed by atoms with Crippen LogP contribution >= 0.6 is 0 Å². The van der Waals surface area contributed by atoms with Gasteiger partial charge in [-0.2, -0.15) is 0 Å². The van der Waals surface area contributed by atoms with E-state index in [9.17, 15) is 4.79 Å². The van der Waals surface area contributed by atoms with Gasteiger partial charge in [0.05, 0.1) is 17.6 Å². The second-order valence-electron chi connectivity index (χ2n) is 8.36. The fourth-order valence-electron chi connectivity index (χ4n) is 4.07. The molecule has 4 rings (SSSR count). The lowest BCUT2D eigenvalue weighted by Crippen LogP contribution is -2.24. The number of benzene rings is 3. The molecule has 0 unspecified atom stereocenters. The largest absolute Gasteiger partial charge is 0.493 e. The zero-order chi connectivity index (χ0) is 23.0. The Labute approximate surface area is 195 Å². The van der Waals surface area contributed by atoms with Crippen LogP contribution in [0.15, 0.2) is 72.8 Å². The van der Waals surface area contributed by atoms with E-state index in [1.165, 1.54) is 11.1 Å². The number of imidazole rings is 1. The first kappa shape index (κ1) is 22.6. The van der Waals surface area contributed by atoms with E-state index in [0.717, 1.165) is 48.4 Å². The van der Waals surface area contributed by atoms with Crippen LogP contribution < -0.4 is 10.1 Å². The molecule has 0 bridgehead atoms. The first-order valence-electron chi connectivity index (χ1n) is 11.6. The summed E-state index contributed by atoms with van der Waals surface area (Å²) in [6.45, 7) is 6.29. The van der Waals surface area contributed by atoms with E-state index < -0.39 is 0 Å². The number of carbonyl (C=O) groups is 1. The van der Waals surface area contributed by atoms with E-state index in [0.29, 0.717) is 18.7 Å². The fourth-order valence-corrected chi connectivity index (χ4v) is 4.07. The maximum absolute atomic E-state index is 12.3. The molecule has 0 spiro atoms. The number of hydrogen-bond donors (Lipinski definition) is 1. The molecule has 0 saturated carbocycles. The highest BCUT2D eigenvalue weighted by Gasteiger charge is 2.11. The number of carbonyl (C=O) groups excluding carboxylic acids is 1. The summed E-state index contributed by atoms with van der Waals surface area (Å²) in [5.41, 5.74) is 5.26. The molecule has 0 radical (unpaired) electrons. The Balaban J connectivity index is 1.33. The van der Waals surface area contributed by atoms with Crippen LogP contribution in [-0.2, 0) is 13.0 Å². The predicted octanol–water partition coefficient (Wildman–Crippen LogP) is 5.48. The molecule has 3 aromatic carbocycles. The van der Waals surface area contributed by atoms with Crippen LogP contribution in [0.4, 0.5) is 0 Å². The molecule has 0 saturated heterocycles. The van der Waals surface area contributed by atoms with Gasteiger partial charge in [0.25, 0.3) is 5.91 Å². The van der Waals surface area contributed by atoms with E-state index in [-0.39, 0.29) is 5.91 Å². The number of ether oxygens (including phenoxy) is 1. The van der Waals surface area contributed by atoms with E-state index in [4.69, 9.17) is 9.72 Å². The summed E-state index contributed by atoms with van der Waals surface area (Å²) in [6, 6.07) is 23.8. The molecular weight excluding hydrogens is 410 g/mol. The van der Waals surface area contributed by atoms with Gasteiger partial charge >= 0.3 is 0 Å². The van der Waals surface area contributed by atoms with E-state index in [1.54, 1.807) is 0 Å². The van der Waals surface area contributed by atoms with Crippen LogP contribution in [0.5, 0.6) is 5.75 Å². The van der Waals surface area contributed by atoms with Gasteiger partial charge in [-0.25, -0.2) is 4.98 Å². The zero-order valence-electron chi connectivity index (χ0n) is 19.4. The third-order valence-electron chi connectivity index (χ3n) is 5.75. The van der Waals surface area contributed by atoms with Crippen molar-refractivity contribution in [3.8, 4) is 5.75 Å². The molecule has 0 aliphatic carbocycles. The molecule has 0 fully saturated rings. The molecule has 1 amide bonds. The molecule has 1 aromatic heterocycles. The van der Waals surface area contributed by atoms with Crippen molar-refractivity contribution in [1.82, 2.24) is 14.9 Å². The highest BCUT2D eigenvalue weighted by molar-refractivity contribution is 5.94. The van der Waals surface area contributed by atoms with Gasteiger partial charge in [-0.1, -0.05) is 48.0 Å². The van der Waals surface area contributed by atoms with Crippen molar-refractivity contribution in [3.63, 3.8) is 0 Å². The highest BCUT2D eigenvalue weighted by Crippen LogP contribution is 2.20. The van der Waals surface area contributed by atoms with Gasteiger partial charge < -0.3 is 14.6 Å². The average molecular weight is 442 g/mol. The third kappa shape index (κ3) is 5.80. The Morgan fingerprint density at radius 2 is 1.76 bits per heavy atom. The zero-order valence-corrected chi connectivity index (χ0v) is 19.4. The lowest BCUT2D eigenvalue weighted by Gasteiger charge is -2.12. The molecular formula is C28H31N3O2. The van der Waals surface area contributed by atoms with Gasteiger partial charge in [0.15, 0.2) is 0 Å². The summed E-state index contributed by atoms with van der Waals surface area (Å²) >= 11 is 0. The Morgan fingerprint density at radius 3 is 2.58 bits per heavy atom. The van der Waals surface area contributed by atoms with Gasteiger partial charge in [-0.05, 0) is 62.6 Å². The van der Waals surface area contributed by atoms with Gasteiger partial charge in [-0.3, -0.25) is 4.79 Å². The van der Waals surface area contributed by atoms with Crippen LogP contribution in [0, 0.1) is 13.8 Å². The van der Waals surface area contributed by atoms with Crippen molar-refractivity contribution >= 4 is 16.9 Å². The second kappa shape index (κ2) is 10.8. The van der Waals surface area contributed by atoms with Crippen LogP contribution in [0.3, 0.4) is 0 Å². The molecule has 0 aliphatic heterocycles. The maximum Gasteiger partial charge on any atom is 0.251 e. The summed E-state index contributed by atoms with van der Waals surface area (Å²) in [5, 5.41) is 3.01. The number of hydrogen-bond acceptors (Lipinski definition) is 3. The quantitative estimate of drug-likeness (QED) is 0.331. The number of nitrogens with one attached hydrogen (secondary N) is 1.